The third-order valence-corrected chi connectivity index (χ3v) is 3.21. The van der Waals surface area contributed by atoms with Crippen molar-refractivity contribution in [2.24, 2.45) is 0 Å². The third kappa shape index (κ3) is 3.40. The zero-order valence-electron chi connectivity index (χ0n) is 12.4. The van der Waals surface area contributed by atoms with Crippen molar-refractivity contribution < 1.29 is 18.3 Å². The van der Waals surface area contributed by atoms with Crippen molar-refractivity contribution in [1.29, 1.82) is 0 Å². The highest BCUT2D eigenvalue weighted by Crippen LogP contribution is 2.27. The fourth-order valence-corrected chi connectivity index (χ4v) is 2.16. The SMILES string of the molecule is COCCNc1cc(Oc2ccc(F)c(F)c2)cn2ccnc12. The second kappa shape index (κ2) is 6.62. The summed E-state index contributed by atoms with van der Waals surface area (Å²) in [4.78, 5) is 4.27. The molecule has 2 heterocycles. The summed E-state index contributed by atoms with van der Waals surface area (Å²) < 4.78 is 38.7. The van der Waals surface area contributed by atoms with E-state index in [0.29, 0.717) is 18.9 Å². The van der Waals surface area contributed by atoms with E-state index in [9.17, 15) is 8.78 Å². The summed E-state index contributed by atoms with van der Waals surface area (Å²) in [5.74, 6) is -1.18. The van der Waals surface area contributed by atoms with Gasteiger partial charge in [0.15, 0.2) is 17.3 Å². The van der Waals surface area contributed by atoms with E-state index in [0.717, 1.165) is 23.5 Å². The number of aromatic nitrogens is 2. The van der Waals surface area contributed by atoms with Gasteiger partial charge in [-0.25, -0.2) is 13.8 Å². The summed E-state index contributed by atoms with van der Waals surface area (Å²) in [5, 5.41) is 3.20. The van der Waals surface area contributed by atoms with Gasteiger partial charge in [0.2, 0.25) is 0 Å². The van der Waals surface area contributed by atoms with Crippen molar-refractivity contribution >= 4 is 11.3 Å². The van der Waals surface area contributed by atoms with Crippen LogP contribution in [0.15, 0.2) is 42.9 Å². The van der Waals surface area contributed by atoms with E-state index in [2.05, 4.69) is 10.3 Å². The highest BCUT2D eigenvalue weighted by molar-refractivity contribution is 5.69. The highest BCUT2D eigenvalue weighted by atomic mass is 19.2. The van der Waals surface area contributed by atoms with E-state index in [4.69, 9.17) is 9.47 Å². The smallest absolute Gasteiger partial charge is 0.162 e. The molecule has 7 heteroatoms. The summed E-state index contributed by atoms with van der Waals surface area (Å²) in [6.07, 6.45) is 5.15. The predicted octanol–water partition coefficient (Wildman–Crippen LogP) is 3.46. The van der Waals surface area contributed by atoms with Gasteiger partial charge in [-0.1, -0.05) is 0 Å². The molecule has 0 spiro atoms. The lowest BCUT2D eigenvalue weighted by molar-refractivity contribution is 0.211. The molecule has 0 saturated heterocycles. The normalized spacial score (nSPS) is 10.9. The predicted molar refractivity (Wildman–Crippen MR) is 82.0 cm³/mol. The zero-order chi connectivity index (χ0) is 16.2. The molecule has 1 aromatic carbocycles. The first kappa shape index (κ1) is 15.2. The van der Waals surface area contributed by atoms with Gasteiger partial charge in [-0.3, -0.25) is 0 Å². The maximum Gasteiger partial charge on any atom is 0.162 e. The van der Waals surface area contributed by atoms with Gasteiger partial charge >= 0.3 is 0 Å². The van der Waals surface area contributed by atoms with Crippen molar-refractivity contribution in [1.82, 2.24) is 9.38 Å². The van der Waals surface area contributed by atoms with Gasteiger partial charge in [0.1, 0.15) is 11.5 Å². The van der Waals surface area contributed by atoms with E-state index in [1.807, 2.05) is 0 Å². The quantitative estimate of drug-likeness (QED) is 0.707. The van der Waals surface area contributed by atoms with Crippen LogP contribution in [0, 0.1) is 11.6 Å². The largest absolute Gasteiger partial charge is 0.456 e. The molecule has 23 heavy (non-hydrogen) atoms. The monoisotopic (exact) mass is 319 g/mol. The number of nitrogens with one attached hydrogen (secondary N) is 1. The van der Waals surface area contributed by atoms with Crippen LogP contribution in [0.5, 0.6) is 11.5 Å². The van der Waals surface area contributed by atoms with Crippen LogP contribution in [-0.4, -0.2) is 29.6 Å². The maximum atomic E-state index is 13.3. The number of methoxy groups -OCH3 is 1. The van der Waals surface area contributed by atoms with E-state index < -0.39 is 11.6 Å². The van der Waals surface area contributed by atoms with Crippen LogP contribution in [-0.2, 0) is 4.74 Å². The Morgan fingerprint density at radius 3 is 2.83 bits per heavy atom. The average Bonchev–Trinajstić information content (AvgIpc) is 3.00. The second-order valence-electron chi connectivity index (χ2n) is 4.85. The first-order valence-corrected chi connectivity index (χ1v) is 7.00. The molecule has 0 saturated carbocycles. The van der Waals surface area contributed by atoms with Gasteiger partial charge in [0.25, 0.3) is 0 Å². The number of pyridine rings is 1. The van der Waals surface area contributed by atoms with E-state index >= 15 is 0 Å². The summed E-state index contributed by atoms with van der Waals surface area (Å²) in [6.45, 7) is 1.15. The number of imidazole rings is 1. The van der Waals surface area contributed by atoms with Crippen molar-refractivity contribution in [3.05, 3.63) is 54.5 Å². The Bertz CT molecular complexity index is 820. The summed E-state index contributed by atoms with van der Waals surface area (Å²) in [5.41, 5.74) is 1.49. The number of halogens is 2. The number of ether oxygens (including phenoxy) is 2. The average molecular weight is 319 g/mol. The molecule has 0 unspecified atom stereocenters. The van der Waals surface area contributed by atoms with Crippen LogP contribution in [0.2, 0.25) is 0 Å². The first-order valence-electron chi connectivity index (χ1n) is 7.00. The third-order valence-electron chi connectivity index (χ3n) is 3.21. The number of rotatable bonds is 6. The van der Waals surface area contributed by atoms with Gasteiger partial charge in [0, 0.05) is 38.2 Å². The van der Waals surface area contributed by atoms with Crippen molar-refractivity contribution in [2.45, 2.75) is 0 Å². The van der Waals surface area contributed by atoms with E-state index in [1.165, 1.54) is 6.07 Å². The summed E-state index contributed by atoms with van der Waals surface area (Å²) in [6, 6.07) is 5.15. The molecule has 120 valence electrons. The Balaban J connectivity index is 1.89. The summed E-state index contributed by atoms with van der Waals surface area (Å²) in [7, 11) is 1.62. The number of benzene rings is 1. The lowest BCUT2D eigenvalue weighted by Crippen LogP contribution is -2.08. The number of nitrogens with zero attached hydrogens (tertiary/aromatic N) is 2. The van der Waals surface area contributed by atoms with Crippen LogP contribution in [0.1, 0.15) is 0 Å². The highest BCUT2D eigenvalue weighted by Gasteiger charge is 2.09. The minimum Gasteiger partial charge on any atom is -0.456 e. The number of fused-ring (bicyclic) bond motifs is 1. The van der Waals surface area contributed by atoms with Crippen molar-refractivity contribution in [3.8, 4) is 11.5 Å². The van der Waals surface area contributed by atoms with Gasteiger partial charge in [0.05, 0.1) is 18.5 Å². The van der Waals surface area contributed by atoms with Crippen LogP contribution < -0.4 is 10.1 Å². The number of anilines is 1. The molecule has 0 radical (unpaired) electrons. The molecule has 3 rings (SSSR count). The van der Waals surface area contributed by atoms with Gasteiger partial charge in [-0.2, -0.15) is 0 Å². The fourth-order valence-electron chi connectivity index (χ4n) is 2.16. The lowest BCUT2D eigenvalue weighted by Gasteiger charge is -2.11. The first-order chi connectivity index (χ1) is 11.2. The molecule has 0 fully saturated rings. The Kier molecular flexibility index (Phi) is 4.38. The van der Waals surface area contributed by atoms with E-state index in [-0.39, 0.29) is 5.75 Å². The molecule has 0 aliphatic carbocycles. The van der Waals surface area contributed by atoms with Gasteiger partial charge in [-0.15, -0.1) is 0 Å². The van der Waals surface area contributed by atoms with Crippen molar-refractivity contribution in [2.75, 3.05) is 25.6 Å². The molecule has 0 bridgehead atoms. The fraction of sp³-hybridized carbons (Fsp3) is 0.188. The second-order valence-corrected chi connectivity index (χ2v) is 4.85. The van der Waals surface area contributed by atoms with Crippen LogP contribution in [0.4, 0.5) is 14.5 Å². The Morgan fingerprint density at radius 2 is 2.04 bits per heavy atom. The molecular formula is C16H15F2N3O2. The van der Waals surface area contributed by atoms with Crippen LogP contribution in [0.3, 0.4) is 0 Å². The molecule has 3 aromatic rings. The molecule has 2 aromatic heterocycles. The van der Waals surface area contributed by atoms with Crippen LogP contribution >= 0.6 is 0 Å². The van der Waals surface area contributed by atoms with Gasteiger partial charge in [-0.05, 0) is 12.1 Å². The number of hydrogen-bond donors (Lipinski definition) is 1. The minimum atomic E-state index is -0.954. The molecular weight excluding hydrogens is 304 g/mol. The summed E-state index contributed by atoms with van der Waals surface area (Å²) >= 11 is 0. The van der Waals surface area contributed by atoms with Gasteiger partial charge < -0.3 is 19.2 Å². The Labute approximate surface area is 131 Å². The molecule has 0 aliphatic rings. The Hall–Kier alpha value is -2.67. The number of hydrogen-bond acceptors (Lipinski definition) is 4. The molecule has 5 nitrogen and oxygen atoms in total. The zero-order valence-corrected chi connectivity index (χ0v) is 12.4. The molecule has 1 N–H and O–H groups in total. The maximum absolute atomic E-state index is 13.3. The van der Waals surface area contributed by atoms with E-state index in [1.54, 1.807) is 36.2 Å². The topological polar surface area (TPSA) is 47.8 Å². The molecule has 0 amide bonds. The molecule has 0 aliphatic heterocycles. The van der Waals surface area contributed by atoms with Crippen LogP contribution in [0.25, 0.3) is 5.65 Å². The Morgan fingerprint density at radius 1 is 1.17 bits per heavy atom. The molecule has 0 atom stereocenters. The standard InChI is InChI=1S/C16H15F2N3O2/c1-22-7-5-19-15-9-12(10-21-6-4-20-16(15)21)23-11-2-3-13(17)14(18)8-11/h2-4,6,8-10,19H,5,7H2,1H3. The lowest BCUT2D eigenvalue weighted by atomic mass is 10.3. The van der Waals surface area contributed by atoms with Crippen molar-refractivity contribution in [3.63, 3.8) is 0 Å². The minimum absolute atomic E-state index is 0.214.